The number of carbonyl (C=O) groups excluding carboxylic acids is 1. The van der Waals surface area contributed by atoms with Crippen LogP contribution in [0.1, 0.15) is 34.1 Å². The van der Waals surface area contributed by atoms with Crippen molar-refractivity contribution in [1.29, 1.82) is 0 Å². The summed E-state index contributed by atoms with van der Waals surface area (Å²) in [6.07, 6.45) is 0.480. The summed E-state index contributed by atoms with van der Waals surface area (Å²) in [4.78, 5) is 11.1. The first-order chi connectivity index (χ1) is 8.15. The van der Waals surface area contributed by atoms with Gasteiger partial charge in [0.25, 0.3) is 0 Å². The zero-order valence-corrected chi connectivity index (χ0v) is 12.2. The minimum atomic E-state index is -1.23. The van der Waals surface area contributed by atoms with Crippen LogP contribution in [0, 0.1) is 0 Å². The Morgan fingerprint density at radius 2 is 1.76 bits per heavy atom. The molecular weight excluding hydrogens is 238 g/mol. The van der Waals surface area contributed by atoms with Gasteiger partial charge in [-0.2, -0.15) is 0 Å². The van der Waals surface area contributed by atoms with Crippen molar-refractivity contribution in [3.63, 3.8) is 0 Å². The minimum Gasteiger partial charge on any atom is -0.450 e. The van der Waals surface area contributed by atoms with Gasteiger partial charge in [-0.1, -0.05) is 6.92 Å². The number of hydrogen-bond donors (Lipinski definition) is 1. The summed E-state index contributed by atoms with van der Waals surface area (Å²) in [5.41, 5.74) is 0.335. The van der Waals surface area contributed by atoms with E-state index in [1.165, 1.54) is 0 Å². The summed E-state index contributed by atoms with van der Waals surface area (Å²) in [6, 6.07) is 0. The maximum atomic E-state index is 11.1. The van der Waals surface area contributed by atoms with Crippen molar-refractivity contribution in [1.82, 2.24) is 5.32 Å². The largest absolute Gasteiger partial charge is 0.450 e. The second kappa shape index (κ2) is 10.6. The van der Waals surface area contributed by atoms with Crippen LogP contribution < -0.4 is 5.32 Å². The summed E-state index contributed by atoms with van der Waals surface area (Å²) >= 11 is 0. The van der Waals surface area contributed by atoms with Crippen LogP contribution in [-0.4, -0.2) is 41.7 Å². The van der Waals surface area contributed by atoms with Crippen LogP contribution in [0.4, 0.5) is 4.79 Å². The zero-order chi connectivity index (χ0) is 13.1. The molecule has 1 amide bonds. The van der Waals surface area contributed by atoms with Gasteiger partial charge in [-0.3, -0.25) is 0 Å². The lowest BCUT2D eigenvalue weighted by Gasteiger charge is -2.19. The monoisotopic (exact) mass is 262 g/mol. The molecular formula is C11H24NO4Si. The van der Waals surface area contributed by atoms with Gasteiger partial charge in [0.1, 0.15) is 0 Å². The fourth-order valence-corrected chi connectivity index (χ4v) is 2.90. The highest BCUT2D eigenvalue weighted by atomic mass is 28.3. The van der Waals surface area contributed by atoms with Crippen molar-refractivity contribution < 1.29 is 18.4 Å². The lowest BCUT2D eigenvalue weighted by atomic mass is 10.3. The number of ether oxygens (including phenoxy) is 1. The van der Waals surface area contributed by atoms with E-state index in [4.69, 9.17) is 13.6 Å². The zero-order valence-electron chi connectivity index (χ0n) is 11.2. The molecule has 0 rings (SSSR count). The molecule has 1 unspecified atom stereocenters. The molecule has 0 saturated carbocycles. The Bertz CT molecular complexity index is 198. The van der Waals surface area contributed by atoms with Crippen LogP contribution in [0.3, 0.4) is 0 Å². The molecule has 0 spiro atoms. The molecule has 1 atom stereocenters. The highest BCUT2D eigenvalue weighted by Crippen LogP contribution is 2.15. The van der Waals surface area contributed by atoms with Gasteiger partial charge >= 0.3 is 15.4 Å². The van der Waals surface area contributed by atoms with E-state index in [2.05, 4.69) is 12.2 Å². The van der Waals surface area contributed by atoms with Gasteiger partial charge in [0, 0.05) is 25.3 Å². The molecule has 0 aromatic heterocycles. The molecule has 1 radical (unpaired) electrons. The van der Waals surface area contributed by atoms with Crippen LogP contribution in [0.2, 0.25) is 5.54 Å². The van der Waals surface area contributed by atoms with Crippen molar-refractivity contribution in [3.05, 3.63) is 0 Å². The van der Waals surface area contributed by atoms with E-state index in [0.29, 0.717) is 31.9 Å². The fourth-order valence-electron chi connectivity index (χ4n) is 1.30. The van der Waals surface area contributed by atoms with Crippen molar-refractivity contribution in [3.8, 4) is 0 Å². The highest BCUT2D eigenvalue weighted by molar-refractivity contribution is 6.46. The summed E-state index contributed by atoms with van der Waals surface area (Å²) in [5.74, 6) is 0. The summed E-state index contributed by atoms with van der Waals surface area (Å²) < 4.78 is 15.9. The average Bonchev–Trinajstić information content (AvgIpc) is 2.29. The maximum absolute atomic E-state index is 11.1. The van der Waals surface area contributed by atoms with E-state index in [-0.39, 0.29) is 6.09 Å². The van der Waals surface area contributed by atoms with Gasteiger partial charge in [-0.05, 0) is 27.2 Å². The number of amides is 1. The van der Waals surface area contributed by atoms with Crippen LogP contribution in [0.25, 0.3) is 0 Å². The first-order valence-electron chi connectivity index (χ1n) is 6.18. The van der Waals surface area contributed by atoms with Crippen LogP contribution in [0.5, 0.6) is 0 Å². The van der Waals surface area contributed by atoms with Crippen LogP contribution in [0.15, 0.2) is 0 Å². The fraction of sp³-hybridized carbons (Fsp3) is 0.909. The molecule has 17 heavy (non-hydrogen) atoms. The van der Waals surface area contributed by atoms with Gasteiger partial charge in [0.2, 0.25) is 0 Å². The van der Waals surface area contributed by atoms with Gasteiger partial charge < -0.3 is 18.9 Å². The normalized spacial score (nSPS) is 12.5. The van der Waals surface area contributed by atoms with E-state index in [0.717, 1.165) is 6.42 Å². The molecule has 0 aliphatic rings. The van der Waals surface area contributed by atoms with Crippen molar-refractivity contribution in [2.45, 2.75) is 39.7 Å². The number of hydrogen-bond acceptors (Lipinski definition) is 4. The minimum absolute atomic E-state index is 0.335. The second-order valence-corrected chi connectivity index (χ2v) is 5.72. The first kappa shape index (κ1) is 16.4. The SMILES string of the molecule is CCOC(=O)NCCC(C)[Si](OCC)OCC. The Labute approximate surface area is 106 Å². The molecule has 5 nitrogen and oxygen atoms in total. The Morgan fingerprint density at radius 3 is 2.24 bits per heavy atom. The molecule has 0 fully saturated rings. The lowest BCUT2D eigenvalue weighted by molar-refractivity contribution is 0.151. The van der Waals surface area contributed by atoms with E-state index in [9.17, 15) is 4.79 Å². The quantitative estimate of drug-likeness (QED) is 0.646. The lowest BCUT2D eigenvalue weighted by Crippen LogP contribution is -2.31. The van der Waals surface area contributed by atoms with Gasteiger partial charge in [0.05, 0.1) is 6.61 Å². The molecule has 0 aliphatic carbocycles. The predicted molar refractivity (Wildman–Crippen MR) is 68.1 cm³/mol. The molecule has 6 heteroatoms. The number of alkyl carbamates (subject to hydrolysis) is 1. The van der Waals surface area contributed by atoms with E-state index < -0.39 is 9.28 Å². The van der Waals surface area contributed by atoms with Crippen LogP contribution in [-0.2, 0) is 13.6 Å². The molecule has 0 saturated heterocycles. The van der Waals surface area contributed by atoms with Crippen molar-refractivity contribution in [2.24, 2.45) is 0 Å². The van der Waals surface area contributed by atoms with Crippen molar-refractivity contribution in [2.75, 3.05) is 26.4 Å². The first-order valence-corrected chi connectivity index (χ1v) is 7.58. The average molecular weight is 262 g/mol. The van der Waals surface area contributed by atoms with Crippen LogP contribution >= 0.6 is 0 Å². The summed E-state index contributed by atoms with van der Waals surface area (Å²) in [7, 11) is -1.23. The summed E-state index contributed by atoms with van der Waals surface area (Å²) in [6.45, 7) is 10.1. The molecule has 0 aromatic carbocycles. The maximum Gasteiger partial charge on any atom is 0.407 e. The molecule has 0 aliphatic heterocycles. The molecule has 101 valence electrons. The molecule has 0 aromatic rings. The standard InChI is InChI=1S/C11H24NO4Si/c1-5-14-11(13)12-9-8-10(4)17(15-6-2)16-7-3/h10H,5-9H2,1-4H3,(H,12,13). The highest BCUT2D eigenvalue weighted by Gasteiger charge is 2.23. The molecule has 0 heterocycles. The smallest absolute Gasteiger partial charge is 0.407 e. The number of nitrogens with one attached hydrogen (secondary N) is 1. The van der Waals surface area contributed by atoms with Crippen molar-refractivity contribution >= 4 is 15.4 Å². The summed E-state index contributed by atoms with van der Waals surface area (Å²) in [5, 5.41) is 2.70. The topological polar surface area (TPSA) is 56.8 Å². The Kier molecular flexibility index (Phi) is 10.2. The van der Waals surface area contributed by atoms with E-state index in [1.54, 1.807) is 6.92 Å². The molecule has 0 bridgehead atoms. The predicted octanol–water partition coefficient (Wildman–Crippen LogP) is 2.07. The third kappa shape index (κ3) is 8.17. The third-order valence-corrected chi connectivity index (χ3v) is 4.34. The van der Waals surface area contributed by atoms with Gasteiger partial charge in [-0.25, -0.2) is 4.79 Å². The Morgan fingerprint density at radius 1 is 1.18 bits per heavy atom. The third-order valence-electron chi connectivity index (χ3n) is 2.10. The number of carbonyl (C=O) groups is 1. The number of rotatable bonds is 9. The second-order valence-electron chi connectivity index (χ2n) is 3.52. The Balaban J connectivity index is 3.80. The van der Waals surface area contributed by atoms with E-state index >= 15 is 0 Å². The molecule has 1 N–H and O–H groups in total. The Hall–Kier alpha value is -0.593. The van der Waals surface area contributed by atoms with Gasteiger partial charge in [-0.15, -0.1) is 0 Å². The van der Waals surface area contributed by atoms with E-state index in [1.807, 2.05) is 13.8 Å². The van der Waals surface area contributed by atoms with Gasteiger partial charge in [0.15, 0.2) is 0 Å².